The fraction of sp³-hybridized carbons (Fsp3) is 0.100. The van der Waals surface area contributed by atoms with Gasteiger partial charge in [0.15, 0.2) is 0 Å². The summed E-state index contributed by atoms with van der Waals surface area (Å²) in [5, 5.41) is 0. The predicted molar refractivity (Wildman–Crippen MR) is 93.5 cm³/mol. The molecule has 0 fully saturated rings. The highest BCUT2D eigenvalue weighted by Crippen LogP contribution is 2.31. The minimum Gasteiger partial charge on any atom is -0.319 e. The highest BCUT2D eigenvalue weighted by molar-refractivity contribution is 5.80. The number of alkyl halides is 3. The molecule has 2 aromatic carbocycles. The van der Waals surface area contributed by atoms with Crippen molar-refractivity contribution in [1.82, 2.24) is 14.5 Å². The Kier molecular flexibility index (Phi) is 3.95. The monoisotopic (exact) mass is 353 g/mol. The van der Waals surface area contributed by atoms with Crippen LogP contribution < -0.4 is 0 Å². The SMILES string of the molecule is FC(F)(F)c1cccc(Cn2c(-c3cccnc3)nc3ccccc32)c1. The summed E-state index contributed by atoms with van der Waals surface area (Å²) >= 11 is 0. The number of benzene rings is 2. The molecule has 0 unspecified atom stereocenters. The van der Waals surface area contributed by atoms with Crippen molar-refractivity contribution in [2.24, 2.45) is 0 Å². The van der Waals surface area contributed by atoms with Gasteiger partial charge in [0.25, 0.3) is 0 Å². The Morgan fingerprint density at radius 1 is 0.923 bits per heavy atom. The molecule has 2 aromatic heterocycles. The van der Waals surface area contributed by atoms with Crippen LogP contribution in [0.5, 0.6) is 0 Å². The number of hydrogen-bond donors (Lipinski definition) is 0. The molecule has 0 atom stereocenters. The van der Waals surface area contributed by atoms with Gasteiger partial charge in [-0.2, -0.15) is 13.2 Å². The molecule has 0 radical (unpaired) electrons. The zero-order valence-electron chi connectivity index (χ0n) is 13.6. The maximum Gasteiger partial charge on any atom is 0.416 e. The van der Waals surface area contributed by atoms with E-state index in [2.05, 4.69) is 9.97 Å². The second-order valence-corrected chi connectivity index (χ2v) is 5.95. The van der Waals surface area contributed by atoms with Gasteiger partial charge < -0.3 is 4.57 Å². The summed E-state index contributed by atoms with van der Waals surface area (Å²) < 4.78 is 41.0. The summed E-state index contributed by atoms with van der Waals surface area (Å²) in [5.74, 6) is 0.678. The van der Waals surface area contributed by atoms with E-state index < -0.39 is 11.7 Å². The van der Waals surface area contributed by atoms with E-state index in [4.69, 9.17) is 0 Å². The zero-order chi connectivity index (χ0) is 18.1. The number of pyridine rings is 1. The Labute approximate surface area is 147 Å². The number of rotatable bonds is 3. The van der Waals surface area contributed by atoms with Crippen LogP contribution in [0.4, 0.5) is 13.2 Å². The molecule has 0 saturated carbocycles. The number of nitrogens with zero attached hydrogens (tertiary/aromatic N) is 3. The molecule has 130 valence electrons. The van der Waals surface area contributed by atoms with Crippen LogP contribution in [-0.4, -0.2) is 14.5 Å². The normalized spacial score (nSPS) is 11.8. The van der Waals surface area contributed by atoms with Crippen LogP contribution in [0.25, 0.3) is 22.4 Å². The molecule has 0 N–H and O–H groups in total. The summed E-state index contributed by atoms with van der Waals surface area (Å²) in [6.07, 6.45) is -0.994. The molecule has 3 nitrogen and oxygen atoms in total. The highest BCUT2D eigenvalue weighted by atomic mass is 19.4. The van der Waals surface area contributed by atoms with Gasteiger partial charge in [0, 0.05) is 24.5 Å². The summed E-state index contributed by atoms with van der Waals surface area (Å²) in [6, 6.07) is 16.7. The lowest BCUT2D eigenvalue weighted by molar-refractivity contribution is -0.137. The summed E-state index contributed by atoms with van der Waals surface area (Å²) in [5.41, 5.74) is 2.38. The van der Waals surface area contributed by atoms with Crippen LogP contribution >= 0.6 is 0 Å². The molecule has 0 aliphatic heterocycles. The molecule has 26 heavy (non-hydrogen) atoms. The van der Waals surface area contributed by atoms with E-state index in [0.29, 0.717) is 11.4 Å². The lowest BCUT2D eigenvalue weighted by atomic mass is 10.1. The van der Waals surface area contributed by atoms with Gasteiger partial charge in [0.05, 0.1) is 16.6 Å². The van der Waals surface area contributed by atoms with Crippen molar-refractivity contribution < 1.29 is 13.2 Å². The van der Waals surface area contributed by atoms with Gasteiger partial charge in [-0.25, -0.2) is 4.98 Å². The van der Waals surface area contributed by atoms with E-state index in [-0.39, 0.29) is 6.54 Å². The second kappa shape index (κ2) is 6.29. The van der Waals surface area contributed by atoms with Crippen LogP contribution in [-0.2, 0) is 12.7 Å². The van der Waals surface area contributed by atoms with Gasteiger partial charge in [-0.1, -0.05) is 24.3 Å². The first-order valence-electron chi connectivity index (χ1n) is 8.04. The van der Waals surface area contributed by atoms with E-state index >= 15 is 0 Å². The Bertz CT molecular complexity index is 1050. The lowest BCUT2D eigenvalue weighted by Crippen LogP contribution is -2.07. The van der Waals surface area contributed by atoms with Crippen molar-refractivity contribution in [3.63, 3.8) is 0 Å². The second-order valence-electron chi connectivity index (χ2n) is 5.95. The number of halogens is 3. The topological polar surface area (TPSA) is 30.7 Å². The van der Waals surface area contributed by atoms with Crippen molar-refractivity contribution in [3.05, 3.63) is 84.2 Å². The third-order valence-corrected chi connectivity index (χ3v) is 4.17. The number of hydrogen-bond acceptors (Lipinski definition) is 2. The van der Waals surface area contributed by atoms with Crippen LogP contribution in [0.2, 0.25) is 0 Å². The number of para-hydroxylation sites is 2. The maximum atomic E-state index is 13.0. The van der Waals surface area contributed by atoms with Crippen LogP contribution in [0, 0.1) is 0 Å². The Balaban J connectivity index is 1.84. The maximum absolute atomic E-state index is 13.0. The molecule has 2 heterocycles. The van der Waals surface area contributed by atoms with Gasteiger partial charge in [0.1, 0.15) is 5.82 Å². The van der Waals surface area contributed by atoms with E-state index in [9.17, 15) is 13.2 Å². The third kappa shape index (κ3) is 3.06. The minimum atomic E-state index is -4.36. The molecular weight excluding hydrogens is 339 g/mol. The fourth-order valence-electron chi connectivity index (χ4n) is 2.98. The fourth-order valence-corrected chi connectivity index (χ4v) is 2.98. The van der Waals surface area contributed by atoms with Gasteiger partial charge in [-0.05, 0) is 42.0 Å². The summed E-state index contributed by atoms with van der Waals surface area (Å²) in [4.78, 5) is 8.77. The van der Waals surface area contributed by atoms with Gasteiger partial charge >= 0.3 is 6.18 Å². The highest BCUT2D eigenvalue weighted by Gasteiger charge is 2.30. The van der Waals surface area contributed by atoms with Crippen molar-refractivity contribution >= 4 is 11.0 Å². The van der Waals surface area contributed by atoms with Crippen LogP contribution in [0.15, 0.2) is 73.1 Å². The average molecular weight is 353 g/mol. The molecule has 4 aromatic rings. The van der Waals surface area contributed by atoms with E-state index in [0.717, 1.165) is 22.7 Å². The quantitative estimate of drug-likeness (QED) is 0.509. The molecule has 0 bridgehead atoms. The lowest BCUT2D eigenvalue weighted by Gasteiger charge is -2.12. The molecular formula is C20H14F3N3. The molecule has 6 heteroatoms. The number of imidazole rings is 1. The number of aromatic nitrogens is 3. The molecule has 0 saturated heterocycles. The van der Waals surface area contributed by atoms with Crippen molar-refractivity contribution in [2.45, 2.75) is 12.7 Å². The first-order chi connectivity index (χ1) is 12.5. The van der Waals surface area contributed by atoms with Gasteiger partial charge in [-0.15, -0.1) is 0 Å². The summed E-state index contributed by atoms with van der Waals surface area (Å²) in [7, 11) is 0. The van der Waals surface area contributed by atoms with E-state index in [1.807, 2.05) is 41.0 Å². The zero-order valence-corrected chi connectivity index (χ0v) is 13.6. The first-order valence-corrected chi connectivity index (χ1v) is 8.04. The van der Waals surface area contributed by atoms with Gasteiger partial charge in [0.2, 0.25) is 0 Å². The molecule has 0 spiro atoms. The largest absolute Gasteiger partial charge is 0.416 e. The Morgan fingerprint density at radius 2 is 1.77 bits per heavy atom. The molecule has 0 aliphatic rings. The number of fused-ring (bicyclic) bond motifs is 1. The van der Waals surface area contributed by atoms with Gasteiger partial charge in [-0.3, -0.25) is 4.98 Å². The predicted octanol–water partition coefficient (Wildman–Crippen LogP) is 5.17. The van der Waals surface area contributed by atoms with E-state index in [1.54, 1.807) is 18.5 Å². The molecule has 0 aliphatic carbocycles. The first kappa shape index (κ1) is 16.3. The van der Waals surface area contributed by atoms with Crippen molar-refractivity contribution in [1.29, 1.82) is 0 Å². The Morgan fingerprint density at radius 3 is 2.54 bits per heavy atom. The standard InChI is InChI=1S/C20H14F3N3/c21-20(22,23)16-7-3-5-14(11-16)13-26-18-9-2-1-8-17(18)25-19(26)15-6-4-10-24-12-15/h1-12H,13H2. The van der Waals surface area contributed by atoms with Crippen molar-refractivity contribution in [3.8, 4) is 11.4 Å². The summed E-state index contributed by atoms with van der Waals surface area (Å²) in [6.45, 7) is 0.286. The van der Waals surface area contributed by atoms with E-state index in [1.165, 1.54) is 12.1 Å². The molecule has 0 amide bonds. The van der Waals surface area contributed by atoms with Crippen LogP contribution in [0.3, 0.4) is 0 Å². The van der Waals surface area contributed by atoms with Crippen LogP contribution in [0.1, 0.15) is 11.1 Å². The molecule has 4 rings (SSSR count). The minimum absolute atomic E-state index is 0.286. The average Bonchev–Trinajstić information content (AvgIpc) is 3.01. The Hall–Kier alpha value is -3.15. The third-order valence-electron chi connectivity index (χ3n) is 4.17. The van der Waals surface area contributed by atoms with Crippen molar-refractivity contribution in [2.75, 3.05) is 0 Å². The smallest absolute Gasteiger partial charge is 0.319 e.